The summed E-state index contributed by atoms with van der Waals surface area (Å²) in [6, 6.07) is 17.6. The van der Waals surface area contributed by atoms with Gasteiger partial charge in [-0.1, -0.05) is 36.8 Å². The van der Waals surface area contributed by atoms with Crippen molar-refractivity contribution in [2.45, 2.75) is 63.7 Å². The van der Waals surface area contributed by atoms with Gasteiger partial charge in [0.15, 0.2) is 0 Å². The Labute approximate surface area is 167 Å². The monoisotopic (exact) mass is 378 g/mol. The Morgan fingerprint density at radius 3 is 2.39 bits per heavy atom. The van der Waals surface area contributed by atoms with Gasteiger partial charge in [-0.3, -0.25) is 9.69 Å². The number of ether oxygens (including phenoxy) is 1. The van der Waals surface area contributed by atoms with Crippen LogP contribution in [0.5, 0.6) is 5.75 Å². The summed E-state index contributed by atoms with van der Waals surface area (Å²) in [6.07, 6.45) is 5.84. The van der Waals surface area contributed by atoms with Crippen molar-refractivity contribution in [3.05, 3.63) is 65.2 Å². The molecule has 148 valence electrons. The summed E-state index contributed by atoms with van der Waals surface area (Å²) in [7, 11) is 1.70. The van der Waals surface area contributed by atoms with Crippen LogP contribution in [0.3, 0.4) is 0 Å². The van der Waals surface area contributed by atoms with E-state index in [0.29, 0.717) is 12.1 Å². The summed E-state index contributed by atoms with van der Waals surface area (Å²) >= 11 is 0. The molecule has 3 atom stereocenters. The molecule has 2 saturated heterocycles. The van der Waals surface area contributed by atoms with E-state index in [-0.39, 0.29) is 11.9 Å². The number of carbonyl (C=O) groups is 1. The standard InChI is InChI=1S/C24H30N2O2/c1-17-6-3-4-9-23(17)24(27)25-19-14-20-7-5-8-21(15-19)26(20)16-18-10-12-22(28-2)13-11-18/h3-4,6,9-13,19-21H,5,7-8,14-16H2,1-2H3,(H,25,27)/t19?,20-,21+. The van der Waals surface area contributed by atoms with Gasteiger partial charge < -0.3 is 10.1 Å². The van der Waals surface area contributed by atoms with Crippen LogP contribution in [-0.2, 0) is 6.54 Å². The summed E-state index contributed by atoms with van der Waals surface area (Å²) in [6.45, 7) is 2.99. The summed E-state index contributed by atoms with van der Waals surface area (Å²) in [5.74, 6) is 0.978. The summed E-state index contributed by atoms with van der Waals surface area (Å²) in [4.78, 5) is 15.4. The molecule has 1 N–H and O–H groups in total. The van der Waals surface area contributed by atoms with Crippen LogP contribution in [0.15, 0.2) is 48.5 Å². The average molecular weight is 379 g/mol. The number of hydrogen-bond acceptors (Lipinski definition) is 3. The maximum absolute atomic E-state index is 12.7. The normalized spacial score (nSPS) is 24.6. The highest BCUT2D eigenvalue weighted by Crippen LogP contribution is 2.35. The molecule has 28 heavy (non-hydrogen) atoms. The third-order valence-corrected chi connectivity index (χ3v) is 6.38. The van der Waals surface area contributed by atoms with E-state index >= 15 is 0 Å². The molecule has 2 aliphatic heterocycles. The largest absolute Gasteiger partial charge is 0.497 e. The lowest BCUT2D eigenvalue weighted by Gasteiger charge is -2.49. The number of rotatable bonds is 5. The molecular weight excluding hydrogens is 348 g/mol. The third-order valence-electron chi connectivity index (χ3n) is 6.38. The molecule has 2 aromatic carbocycles. The van der Waals surface area contributed by atoms with Gasteiger partial charge in [0, 0.05) is 30.2 Å². The Balaban J connectivity index is 1.41. The molecule has 0 aromatic heterocycles. The molecule has 2 bridgehead atoms. The van der Waals surface area contributed by atoms with Crippen molar-refractivity contribution in [2.24, 2.45) is 0 Å². The van der Waals surface area contributed by atoms with E-state index in [4.69, 9.17) is 4.74 Å². The first-order valence-electron chi connectivity index (χ1n) is 10.4. The van der Waals surface area contributed by atoms with Crippen LogP contribution in [0.25, 0.3) is 0 Å². The molecule has 0 saturated carbocycles. The van der Waals surface area contributed by atoms with E-state index < -0.39 is 0 Å². The smallest absolute Gasteiger partial charge is 0.251 e. The molecule has 4 heteroatoms. The predicted octanol–water partition coefficient (Wildman–Crippen LogP) is 4.32. The molecule has 2 aromatic rings. The maximum atomic E-state index is 12.7. The SMILES string of the molecule is COc1ccc(CN2[C@@H]3CCC[C@H]2CC(NC(=O)c2ccccc2C)C3)cc1. The predicted molar refractivity (Wildman–Crippen MR) is 112 cm³/mol. The summed E-state index contributed by atoms with van der Waals surface area (Å²) < 4.78 is 5.28. The van der Waals surface area contributed by atoms with Crippen LogP contribution < -0.4 is 10.1 Å². The Morgan fingerprint density at radius 2 is 1.75 bits per heavy atom. The van der Waals surface area contributed by atoms with Crippen molar-refractivity contribution in [1.82, 2.24) is 10.2 Å². The highest BCUT2D eigenvalue weighted by atomic mass is 16.5. The van der Waals surface area contributed by atoms with Crippen LogP contribution in [0.4, 0.5) is 0 Å². The molecule has 0 radical (unpaired) electrons. The first-order valence-corrected chi connectivity index (χ1v) is 10.4. The molecule has 0 spiro atoms. The quantitative estimate of drug-likeness (QED) is 0.842. The second kappa shape index (κ2) is 8.36. The average Bonchev–Trinajstić information content (AvgIpc) is 2.69. The van der Waals surface area contributed by atoms with E-state index in [2.05, 4.69) is 22.3 Å². The Bertz CT molecular complexity index is 804. The van der Waals surface area contributed by atoms with Crippen molar-refractivity contribution in [3.63, 3.8) is 0 Å². The Morgan fingerprint density at radius 1 is 1.07 bits per heavy atom. The molecule has 1 unspecified atom stereocenters. The zero-order chi connectivity index (χ0) is 19.5. The van der Waals surface area contributed by atoms with Gasteiger partial charge >= 0.3 is 0 Å². The van der Waals surface area contributed by atoms with Gasteiger partial charge in [-0.05, 0) is 61.9 Å². The van der Waals surface area contributed by atoms with E-state index in [1.54, 1.807) is 7.11 Å². The first kappa shape index (κ1) is 19.0. The molecule has 2 heterocycles. The van der Waals surface area contributed by atoms with Gasteiger partial charge in [0.1, 0.15) is 5.75 Å². The van der Waals surface area contributed by atoms with Gasteiger partial charge in [0.25, 0.3) is 5.91 Å². The van der Waals surface area contributed by atoms with Gasteiger partial charge in [-0.25, -0.2) is 0 Å². The minimum atomic E-state index is 0.0739. The molecular formula is C24H30N2O2. The van der Waals surface area contributed by atoms with Gasteiger partial charge in [-0.15, -0.1) is 0 Å². The molecule has 1 amide bonds. The number of piperidine rings is 2. The minimum absolute atomic E-state index is 0.0739. The number of nitrogens with one attached hydrogen (secondary N) is 1. The number of carbonyl (C=O) groups excluding carboxylic acids is 1. The maximum Gasteiger partial charge on any atom is 0.251 e. The number of amides is 1. The van der Waals surface area contributed by atoms with E-state index in [1.807, 2.05) is 43.3 Å². The number of benzene rings is 2. The molecule has 4 rings (SSSR count). The second-order valence-electron chi connectivity index (χ2n) is 8.22. The fourth-order valence-corrected chi connectivity index (χ4v) is 4.89. The highest BCUT2D eigenvalue weighted by molar-refractivity contribution is 5.95. The summed E-state index contributed by atoms with van der Waals surface area (Å²) in [5.41, 5.74) is 3.17. The number of methoxy groups -OCH3 is 1. The lowest BCUT2D eigenvalue weighted by atomic mass is 9.81. The van der Waals surface area contributed by atoms with Crippen molar-refractivity contribution in [3.8, 4) is 5.75 Å². The van der Waals surface area contributed by atoms with Crippen LogP contribution in [0.1, 0.15) is 53.6 Å². The molecule has 4 nitrogen and oxygen atoms in total. The topological polar surface area (TPSA) is 41.6 Å². The van der Waals surface area contributed by atoms with Crippen molar-refractivity contribution >= 4 is 5.91 Å². The van der Waals surface area contributed by atoms with E-state index in [9.17, 15) is 4.79 Å². The van der Waals surface area contributed by atoms with Crippen molar-refractivity contribution in [2.75, 3.05) is 7.11 Å². The van der Waals surface area contributed by atoms with Crippen LogP contribution in [0.2, 0.25) is 0 Å². The molecule has 0 aliphatic carbocycles. The lowest BCUT2D eigenvalue weighted by molar-refractivity contribution is 0.0177. The van der Waals surface area contributed by atoms with Crippen LogP contribution in [-0.4, -0.2) is 36.0 Å². The number of aryl methyl sites for hydroxylation is 1. The van der Waals surface area contributed by atoms with Crippen molar-refractivity contribution < 1.29 is 9.53 Å². The Hall–Kier alpha value is -2.33. The Kier molecular flexibility index (Phi) is 5.67. The molecule has 2 fully saturated rings. The number of hydrogen-bond donors (Lipinski definition) is 1. The number of fused-ring (bicyclic) bond motifs is 2. The number of nitrogens with zero attached hydrogens (tertiary/aromatic N) is 1. The van der Waals surface area contributed by atoms with Crippen LogP contribution >= 0.6 is 0 Å². The van der Waals surface area contributed by atoms with Gasteiger partial charge in [0.2, 0.25) is 0 Å². The summed E-state index contributed by atoms with van der Waals surface area (Å²) in [5, 5.41) is 3.32. The third kappa shape index (κ3) is 4.07. The van der Waals surface area contributed by atoms with Gasteiger partial charge in [-0.2, -0.15) is 0 Å². The zero-order valence-corrected chi connectivity index (χ0v) is 16.9. The van der Waals surface area contributed by atoms with Crippen molar-refractivity contribution in [1.29, 1.82) is 0 Å². The van der Waals surface area contributed by atoms with Gasteiger partial charge in [0.05, 0.1) is 7.11 Å². The first-order chi connectivity index (χ1) is 13.6. The zero-order valence-electron chi connectivity index (χ0n) is 16.9. The fraction of sp³-hybridized carbons (Fsp3) is 0.458. The molecule has 2 aliphatic rings. The van der Waals surface area contributed by atoms with E-state index in [0.717, 1.165) is 36.3 Å². The lowest BCUT2D eigenvalue weighted by Crippen LogP contribution is -2.56. The minimum Gasteiger partial charge on any atom is -0.497 e. The fourth-order valence-electron chi connectivity index (χ4n) is 4.89. The highest BCUT2D eigenvalue weighted by Gasteiger charge is 2.38. The van der Waals surface area contributed by atoms with E-state index in [1.165, 1.54) is 24.8 Å². The second-order valence-corrected chi connectivity index (χ2v) is 8.22. The van der Waals surface area contributed by atoms with Crippen LogP contribution in [0, 0.1) is 6.92 Å².